The van der Waals surface area contributed by atoms with Crippen LogP contribution in [0.15, 0.2) is 30.3 Å². The first kappa shape index (κ1) is 21.4. The SMILES string of the molecule is CCCC1COC(c2ccc(/C(F)=C(\F)c3cc(F)c(F)c(F)c3)c(F)c2)OC1. The molecule has 2 aromatic carbocycles. The molecule has 8 heteroatoms. The van der Waals surface area contributed by atoms with Crippen LogP contribution in [0.4, 0.5) is 26.3 Å². The number of ether oxygens (including phenoxy) is 2. The van der Waals surface area contributed by atoms with Gasteiger partial charge >= 0.3 is 0 Å². The third-order valence-electron chi connectivity index (χ3n) is 4.60. The molecule has 0 bridgehead atoms. The number of halogens is 6. The molecule has 0 amide bonds. The summed E-state index contributed by atoms with van der Waals surface area (Å²) in [7, 11) is 0. The summed E-state index contributed by atoms with van der Waals surface area (Å²) in [5.41, 5.74) is -1.35. The lowest BCUT2D eigenvalue weighted by Crippen LogP contribution is -2.27. The summed E-state index contributed by atoms with van der Waals surface area (Å²) in [4.78, 5) is 0. The quantitative estimate of drug-likeness (QED) is 0.316. The van der Waals surface area contributed by atoms with Crippen LogP contribution >= 0.6 is 0 Å². The van der Waals surface area contributed by atoms with Gasteiger partial charge < -0.3 is 9.47 Å². The van der Waals surface area contributed by atoms with Crippen molar-refractivity contribution in [3.63, 3.8) is 0 Å². The van der Waals surface area contributed by atoms with Crippen LogP contribution in [-0.2, 0) is 9.47 Å². The van der Waals surface area contributed by atoms with Gasteiger partial charge in [0.1, 0.15) is 5.82 Å². The molecule has 1 aliphatic rings. The Hall–Kier alpha value is -2.32. The molecule has 1 aliphatic heterocycles. The van der Waals surface area contributed by atoms with E-state index in [1.807, 2.05) is 6.92 Å². The lowest BCUT2D eigenvalue weighted by atomic mass is 10.0. The Bertz CT molecular complexity index is 896. The van der Waals surface area contributed by atoms with Crippen molar-refractivity contribution < 1.29 is 35.8 Å². The Morgan fingerprint density at radius 3 is 2.07 bits per heavy atom. The minimum atomic E-state index is -1.81. The third-order valence-corrected chi connectivity index (χ3v) is 4.60. The Morgan fingerprint density at radius 2 is 1.52 bits per heavy atom. The molecule has 2 nitrogen and oxygen atoms in total. The van der Waals surface area contributed by atoms with Crippen LogP contribution in [0.25, 0.3) is 11.7 Å². The van der Waals surface area contributed by atoms with Crippen LogP contribution in [0.3, 0.4) is 0 Å². The fraction of sp³-hybridized carbons (Fsp3) is 0.333. The minimum Gasteiger partial charge on any atom is -0.348 e. The standard InChI is InChI=1S/C21H18F6O2/c1-2-3-11-9-28-21(29-10-11)12-4-5-14(15(22)6-12)19(26)18(25)13-7-16(23)20(27)17(24)8-13/h4-8,11,21H,2-3,9-10H2,1H3/b19-18+. The van der Waals surface area contributed by atoms with E-state index < -0.39 is 52.3 Å². The van der Waals surface area contributed by atoms with E-state index in [1.165, 1.54) is 6.07 Å². The van der Waals surface area contributed by atoms with Gasteiger partial charge in [0, 0.05) is 22.6 Å². The average molecular weight is 416 g/mol. The highest BCUT2D eigenvalue weighted by Gasteiger charge is 2.25. The molecule has 3 rings (SSSR count). The van der Waals surface area contributed by atoms with Gasteiger partial charge in [-0.2, -0.15) is 0 Å². The van der Waals surface area contributed by atoms with Crippen molar-refractivity contribution in [1.82, 2.24) is 0 Å². The first-order valence-electron chi connectivity index (χ1n) is 9.05. The van der Waals surface area contributed by atoms with Crippen molar-refractivity contribution in [2.45, 2.75) is 26.1 Å². The molecule has 0 aliphatic carbocycles. The van der Waals surface area contributed by atoms with E-state index in [9.17, 15) is 26.3 Å². The monoisotopic (exact) mass is 416 g/mol. The van der Waals surface area contributed by atoms with Crippen LogP contribution in [-0.4, -0.2) is 13.2 Å². The highest BCUT2D eigenvalue weighted by molar-refractivity contribution is 5.83. The van der Waals surface area contributed by atoms with E-state index in [4.69, 9.17) is 9.47 Å². The van der Waals surface area contributed by atoms with E-state index >= 15 is 0 Å². The van der Waals surface area contributed by atoms with Gasteiger partial charge in [0.05, 0.1) is 13.2 Å². The molecule has 0 spiro atoms. The van der Waals surface area contributed by atoms with Gasteiger partial charge in [0.2, 0.25) is 0 Å². The zero-order valence-corrected chi connectivity index (χ0v) is 15.5. The van der Waals surface area contributed by atoms with Crippen LogP contribution in [0.1, 0.15) is 42.7 Å². The minimum absolute atomic E-state index is 0.242. The van der Waals surface area contributed by atoms with Crippen molar-refractivity contribution in [1.29, 1.82) is 0 Å². The normalized spacial score (nSPS) is 20.5. The number of rotatable bonds is 5. The van der Waals surface area contributed by atoms with Crippen molar-refractivity contribution in [2.24, 2.45) is 5.92 Å². The lowest BCUT2D eigenvalue weighted by molar-refractivity contribution is -0.206. The first-order valence-corrected chi connectivity index (χ1v) is 9.05. The van der Waals surface area contributed by atoms with Crippen LogP contribution < -0.4 is 0 Å². The summed E-state index contributed by atoms with van der Waals surface area (Å²) in [6.07, 6.45) is 1.08. The molecule has 1 saturated heterocycles. The Balaban J connectivity index is 1.83. The van der Waals surface area contributed by atoms with E-state index in [0.717, 1.165) is 25.0 Å². The van der Waals surface area contributed by atoms with Gasteiger partial charge in [0.15, 0.2) is 35.4 Å². The molecule has 29 heavy (non-hydrogen) atoms. The zero-order chi connectivity index (χ0) is 21.1. The Kier molecular flexibility index (Phi) is 6.64. The molecule has 2 aromatic rings. The largest absolute Gasteiger partial charge is 0.348 e. The molecule has 0 aromatic heterocycles. The topological polar surface area (TPSA) is 18.5 Å². The molecule has 0 N–H and O–H groups in total. The predicted molar refractivity (Wildman–Crippen MR) is 94.8 cm³/mol. The summed E-state index contributed by atoms with van der Waals surface area (Å²) in [5.74, 6) is -9.45. The van der Waals surface area contributed by atoms with E-state index in [0.29, 0.717) is 13.2 Å². The van der Waals surface area contributed by atoms with Gasteiger partial charge in [-0.1, -0.05) is 19.4 Å². The van der Waals surface area contributed by atoms with Crippen LogP contribution in [0.2, 0.25) is 0 Å². The maximum absolute atomic E-state index is 14.4. The molecular weight excluding hydrogens is 398 g/mol. The molecular formula is C21H18F6O2. The zero-order valence-electron chi connectivity index (χ0n) is 15.5. The van der Waals surface area contributed by atoms with Crippen molar-refractivity contribution in [3.05, 3.63) is 70.3 Å². The van der Waals surface area contributed by atoms with E-state index in [2.05, 4.69) is 0 Å². The van der Waals surface area contributed by atoms with Crippen molar-refractivity contribution in [2.75, 3.05) is 13.2 Å². The second-order valence-corrected chi connectivity index (χ2v) is 6.77. The van der Waals surface area contributed by atoms with Gasteiger partial charge in [-0.25, -0.2) is 26.3 Å². The summed E-state index contributed by atoms with van der Waals surface area (Å²) in [5, 5.41) is 0. The first-order chi connectivity index (χ1) is 13.8. The molecule has 1 fully saturated rings. The van der Waals surface area contributed by atoms with E-state index in [1.54, 1.807) is 0 Å². The third kappa shape index (κ3) is 4.64. The predicted octanol–water partition coefficient (Wildman–Crippen LogP) is 6.47. The fourth-order valence-corrected chi connectivity index (χ4v) is 3.09. The number of hydrogen-bond acceptors (Lipinski definition) is 2. The van der Waals surface area contributed by atoms with Gasteiger partial charge in [0.25, 0.3) is 0 Å². The maximum Gasteiger partial charge on any atom is 0.194 e. The summed E-state index contributed by atoms with van der Waals surface area (Å²) in [6, 6.07) is 3.80. The molecule has 0 saturated carbocycles. The second kappa shape index (κ2) is 9.00. The number of benzene rings is 2. The Labute approximate surface area is 163 Å². The van der Waals surface area contributed by atoms with E-state index in [-0.39, 0.29) is 23.6 Å². The lowest BCUT2D eigenvalue weighted by Gasteiger charge is -2.29. The maximum atomic E-state index is 14.4. The smallest absolute Gasteiger partial charge is 0.194 e. The molecule has 0 atom stereocenters. The Morgan fingerprint density at radius 1 is 0.897 bits per heavy atom. The highest BCUT2D eigenvalue weighted by atomic mass is 19.2. The van der Waals surface area contributed by atoms with Crippen molar-refractivity contribution >= 4 is 11.7 Å². The number of hydrogen-bond donors (Lipinski definition) is 0. The van der Waals surface area contributed by atoms with Crippen LogP contribution in [0.5, 0.6) is 0 Å². The molecule has 1 heterocycles. The summed E-state index contributed by atoms with van der Waals surface area (Å²) >= 11 is 0. The average Bonchev–Trinajstić information content (AvgIpc) is 2.71. The van der Waals surface area contributed by atoms with Gasteiger partial charge in [-0.15, -0.1) is 0 Å². The van der Waals surface area contributed by atoms with Crippen LogP contribution in [0, 0.1) is 29.2 Å². The second-order valence-electron chi connectivity index (χ2n) is 6.77. The fourth-order valence-electron chi connectivity index (χ4n) is 3.09. The summed E-state index contributed by atoms with van der Waals surface area (Å²) < 4.78 is 93.7. The molecule has 156 valence electrons. The molecule has 0 radical (unpaired) electrons. The highest BCUT2D eigenvalue weighted by Crippen LogP contribution is 2.34. The summed E-state index contributed by atoms with van der Waals surface area (Å²) in [6.45, 7) is 2.91. The van der Waals surface area contributed by atoms with Gasteiger partial charge in [-0.3, -0.25) is 0 Å². The van der Waals surface area contributed by atoms with Crippen molar-refractivity contribution in [3.8, 4) is 0 Å². The molecule has 0 unspecified atom stereocenters. The van der Waals surface area contributed by atoms with Gasteiger partial charge in [-0.05, 0) is 30.7 Å².